The van der Waals surface area contributed by atoms with E-state index in [9.17, 15) is 4.79 Å². The summed E-state index contributed by atoms with van der Waals surface area (Å²) in [6.07, 6.45) is 4.14. The van der Waals surface area contributed by atoms with Gasteiger partial charge in [-0.1, -0.05) is 18.2 Å². The summed E-state index contributed by atoms with van der Waals surface area (Å²) in [4.78, 5) is 18.8. The van der Waals surface area contributed by atoms with E-state index in [4.69, 9.17) is 5.73 Å². The minimum Gasteiger partial charge on any atom is -0.336 e. The van der Waals surface area contributed by atoms with Crippen LogP contribution in [-0.2, 0) is 6.54 Å². The molecule has 1 amide bonds. The van der Waals surface area contributed by atoms with Crippen molar-refractivity contribution in [2.24, 2.45) is 11.7 Å². The van der Waals surface area contributed by atoms with Gasteiger partial charge in [0.05, 0.1) is 6.54 Å². The highest BCUT2D eigenvalue weighted by atomic mass is 16.2. The molecule has 2 atom stereocenters. The van der Waals surface area contributed by atoms with Gasteiger partial charge >= 0.3 is 0 Å². The van der Waals surface area contributed by atoms with Crippen molar-refractivity contribution in [3.63, 3.8) is 0 Å². The van der Waals surface area contributed by atoms with Gasteiger partial charge < -0.3 is 10.6 Å². The number of amides is 1. The highest BCUT2D eigenvalue weighted by Gasteiger charge is 2.32. The minimum absolute atomic E-state index is 0.0826. The molecule has 3 rings (SSSR count). The molecular weight excluding hydrogens is 278 g/mol. The summed E-state index contributed by atoms with van der Waals surface area (Å²) >= 11 is 0. The van der Waals surface area contributed by atoms with Crippen LogP contribution in [0.15, 0.2) is 36.9 Å². The maximum Gasteiger partial charge on any atom is 0.254 e. The lowest BCUT2D eigenvalue weighted by atomic mass is 10.1. The molecule has 1 aromatic carbocycles. The second-order valence-electron chi connectivity index (χ2n) is 5.89. The fourth-order valence-electron chi connectivity index (χ4n) is 3.11. The van der Waals surface area contributed by atoms with Crippen LogP contribution in [0.3, 0.4) is 0 Å². The largest absolute Gasteiger partial charge is 0.336 e. The van der Waals surface area contributed by atoms with Crippen LogP contribution in [-0.4, -0.2) is 44.7 Å². The second-order valence-corrected chi connectivity index (χ2v) is 5.89. The SMILES string of the molecule is CC1CC(CN)CN1C(=O)c1ccccc1Cn1cncn1. The number of hydrogen-bond donors (Lipinski definition) is 1. The fraction of sp³-hybridized carbons (Fsp3) is 0.438. The molecule has 0 aliphatic carbocycles. The van der Waals surface area contributed by atoms with Crippen LogP contribution in [0.2, 0.25) is 0 Å². The van der Waals surface area contributed by atoms with Gasteiger partial charge in [-0.05, 0) is 37.4 Å². The molecule has 2 heterocycles. The molecule has 2 aromatic rings. The maximum absolute atomic E-state index is 12.9. The zero-order valence-electron chi connectivity index (χ0n) is 12.7. The molecule has 0 spiro atoms. The van der Waals surface area contributed by atoms with E-state index in [1.165, 1.54) is 6.33 Å². The molecule has 6 heteroatoms. The predicted molar refractivity (Wildman–Crippen MR) is 83.2 cm³/mol. The number of likely N-dealkylation sites (tertiary alicyclic amines) is 1. The summed E-state index contributed by atoms with van der Waals surface area (Å²) in [5.41, 5.74) is 7.46. The molecule has 6 nitrogen and oxygen atoms in total. The molecular formula is C16H21N5O. The number of carbonyl (C=O) groups is 1. The third kappa shape index (κ3) is 2.87. The molecule has 2 unspecified atom stereocenters. The van der Waals surface area contributed by atoms with Gasteiger partial charge in [-0.3, -0.25) is 4.79 Å². The Balaban J connectivity index is 1.83. The van der Waals surface area contributed by atoms with Crippen LogP contribution in [0.25, 0.3) is 0 Å². The van der Waals surface area contributed by atoms with Gasteiger partial charge in [0, 0.05) is 18.2 Å². The smallest absolute Gasteiger partial charge is 0.254 e. The minimum atomic E-state index is 0.0826. The second kappa shape index (κ2) is 6.27. The number of nitrogens with zero attached hydrogens (tertiary/aromatic N) is 4. The summed E-state index contributed by atoms with van der Waals surface area (Å²) in [5, 5.41) is 4.11. The van der Waals surface area contributed by atoms with Crippen molar-refractivity contribution >= 4 is 5.91 Å². The summed E-state index contributed by atoms with van der Waals surface area (Å²) in [6, 6.07) is 7.94. The molecule has 2 N–H and O–H groups in total. The van der Waals surface area contributed by atoms with Crippen molar-refractivity contribution in [2.45, 2.75) is 25.9 Å². The van der Waals surface area contributed by atoms with Gasteiger partial charge in [-0.15, -0.1) is 0 Å². The Labute approximate surface area is 129 Å². The number of rotatable bonds is 4. The van der Waals surface area contributed by atoms with Crippen LogP contribution in [0.5, 0.6) is 0 Å². The molecule has 1 aliphatic rings. The fourth-order valence-corrected chi connectivity index (χ4v) is 3.11. The third-order valence-corrected chi connectivity index (χ3v) is 4.30. The number of aromatic nitrogens is 3. The Morgan fingerprint density at radius 2 is 2.23 bits per heavy atom. The summed E-state index contributed by atoms with van der Waals surface area (Å²) in [7, 11) is 0. The maximum atomic E-state index is 12.9. The lowest BCUT2D eigenvalue weighted by molar-refractivity contribution is 0.0742. The van der Waals surface area contributed by atoms with Gasteiger partial charge in [0.25, 0.3) is 5.91 Å². The summed E-state index contributed by atoms with van der Waals surface area (Å²) in [6.45, 7) is 4.01. The summed E-state index contributed by atoms with van der Waals surface area (Å²) < 4.78 is 1.72. The standard InChI is InChI=1S/C16H21N5O/c1-12-6-13(7-17)8-21(12)16(22)15-5-3-2-4-14(15)9-20-11-18-10-19-20/h2-5,10-13H,6-9,17H2,1H3. The number of nitrogens with two attached hydrogens (primary N) is 1. The summed E-state index contributed by atoms with van der Waals surface area (Å²) in [5.74, 6) is 0.487. The number of benzene rings is 1. The van der Waals surface area contributed by atoms with Crippen molar-refractivity contribution in [3.05, 3.63) is 48.0 Å². The molecule has 1 aromatic heterocycles. The average molecular weight is 299 g/mol. The first-order chi connectivity index (χ1) is 10.7. The molecule has 1 fully saturated rings. The van der Waals surface area contributed by atoms with Crippen molar-refractivity contribution in [1.82, 2.24) is 19.7 Å². The van der Waals surface area contributed by atoms with Crippen LogP contribution in [0, 0.1) is 5.92 Å². The van der Waals surface area contributed by atoms with Crippen molar-refractivity contribution < 1.29 is 4.79 Å². The van der Waals surface area contributed by atoms with E-state index in [2.05, 4.69) is 17.0 Å². The molecule has 1 saturated heterocycles. The van der Waals surface area contributed by atoms with Crippen molar-refractivity contribution in [1.29, 1.82) is 0 Å². The Hall–Kier alpha value is -2.21. The molecule has 0 saturated carbocycles. The first-order valence-electron chi connectivity index (χ1n) is 7.60. The van der Waals surface area contributed by atoms with Crippen LogP contribution in [0.1, 0.15) is 29.3 Å². The average Bonchev–Trinajstić information content (AvgIpc) is 3.16. The highest BCUT2D eigenvalue weighted by Crippen LogP contribution is 2.25. The van der Waals surface area contributed by atoms with Crippen LogP contribution < -0.4 is 5.73 Å². The van der Waals surface area contributed by atoms with E-state index in [-0.39, 0.29) is 11.9 Å². The Morgan fingerprint density at radius 1 is 1.41 bits per heavy atom. The number of hydrogen-bond acceptors (Lipinski definition) is 4. The first kappa shape index (κ1) is 14.7. The Morgan fingerprint density at radius 3 is 2.91 bits per heavy atom. The van der Waals surface area contributed by atoms with Gasteiger partial charge in [0.1, 0.15) is 12.7 Å². The van der Waals surface area contributed by atoms with E-state index in [0.717, 1.165) is 24.1 Å². The zero-order chi connectivity index (χ0) is 15.5. The monoisotopic (exact) mass is 299 g/mol. The quantitative estimate of drug-likeness (QED) is 0.918. The van der Waals surface area contributed by atoms with E-state index in [1.807, 2.05) is 29.2 Å². The third-order valence-electron chi connectivity index (χ3n) is 4.30. The van der Waals surface area contributed by atoms with Crippen LogP contribution >= 0.6 is 0 Å². The first-order valence-corrected chi connectivity index (χ1v) is 7.60. The molecule has 22 heavy (non-hydrogen) atoms. The Kier molecular flexibility index (Phi) is 4.20. The zero-order valence-corrected chi connectivity index (χ0v) is 12.7. The van der Waals surface area contributed by atoms with E-state index in [1.54, 1.807) is 11.0 Å². The molecule has 0 bridgehead atoms. The lowest BCUT2D eigenvalue weighted by Gasteiger charge is -2.23. The Bertz CT molecular complexity index is 640. The van der Waals surface area contributed by atoms with E-state index < -0.39 is 0 Å². The van der Waals surface area contributed by atoms with E-state index >= 15 is 0 Å². The predicted octanol–water partition coefficient (Wildman–Crippen LogP) is 1.14. The van der Waals surface area contributed by atoms with Crippen molar-refractivity contribution in [3.8, 4) is 0 Å². The van der Waals surface area contributed by atoms with Gasteiger partial charge in [0.2, 0.25) is 0 Å². The van der Waals surface area contributed by atoms with Crippen LogP contribution in [0.4, 0.5) is 0 Å². The topological polar surface area (TPSA) is 77.0 Å². The van der Waals surface area contributed by atoms with Gasteiger partial charge in [0.15, 0.2) is 0 Å². The van der Waals surface area contributed by atoms with Gasteiger partial charge in [-0.2, -0.15) is 5.10 Å². The van der Waals surface area contributed by atoms with E-state index in [0.29, 0.717) is 19.0 Å². The number of carbonyl (C=O) groups excluding carboxylic acids is 1. The highest BCUT2D eigenvalue weighted by molar-refractivity contribution is 5.96. The molecule has 1 aliphatic heterocycles. The molecule has 116 valence electrons. The lowest BCUT2D eigenvalue weighted by Crippen LogP contribution is -2.35. The normalized spacial score (nSPS) is 21.3. The van der Waals surface area contributed by atoms with Gasteiger partial charge in [-0.25, -0.2) is 9.67 Å². The molecule has 0 radical (unpaired) electrons. The van der Waals surface area contributed by atoms with Crippen molar-refractivity contribution in [2.75, 3.05) is 13.1 Å².